The number of rotatable bonds is 5. The van der Waals surface area contributed by atoms with Crippen LogP contribution in [-0.2, 0) is 12.3 Å². The summed E-state index contributed by atoms with van der Waals surface area (Å²) in [6.45, 7) is 2.78. The van der Waals surface area contributed by atoms with Gasteiger partial charge in [0.1, 0.15) is 11.3 Å². The molecule has 0 amide bonds. The number of hydrogen-bond donors (Lipinski definition) is 0. The molecule has 0 atom stereocenters. The zero-order valence-corrected chi connectivity index (χ0v) is 16.4. The fourth-order valence-electron chi connectivity index (χ4n) is 2.80. The van der Waals surface area contributed by atoms with Gasteiger partial charge in [0, 0.05) is 6.54 Å². The van der Waals surface area contributed by atoms with Crippen LogP contribution in [0.4, 0.5) is 4.39 Å². The van der Waals surface area contributed by atoms with Crippen molar-refractivity contribution in [2.24, 2.45) is 0 Å². The molecule has 0 saturated carbocycles. The van der Waals surface area contributed by atoms with E-state index < -0.39 is 0 Å². The summed E-state index contributed by atoms with van der Waals surface area (Å²) in [7, 11) is 0. The number of aromatic nitrogens is 4. The van der Waals surface area contributed by atoms with Crippen LogP contribution in [0.1, 0.15) is 12.7 Å². The van der Waals surface area contributed by atoms with Gasteiger partial charge in [-0.05, 0) is 43.4 Å². The lowest BCUT2D eigenvalue weighted by atomic mass is 10.3. The standard InChI is InChI=1S/C18H15FN4S3/c1-2-22-14-10-6-9-13(19)16(14)20-15(22)11-25-17-21-23(18(24)26-17)12-7-4-3-5-8-12/h3-10H,2,11H2,1H3. The number of nitrogens with zero attached hydrogens (tertiary/aromatic N) is 4. The molecular formula is C18H15FN4S3. The fourth-order valence-corrected chi connectivity index (χ4v) is 5.11. The Kier molecular flexibility index (Phi) is 4.88. The molecule has 0 radical (unpaired) electrons. The number of para-hydroxylation sites is 2. The summed E-state index contributed by atoms with van der Waals surface area (Å²) in [5.74, 6) is 1.16. The lowest BCUT2D eigenvalue weighted by Crippen LogP contribution is -2.00. The van der Waals surface area contributed by atoms with Crippen molar-refractivity contribution in [3.63, 3.8) is 0 Å². The number of halogens is 1. The summed E-state index contributed by atoms with van der Waals surface area (Å²) in [4.78, 5) is 4.50. The molecule has 0 fully saturated rings. The second kappa shape index (κ2) is 7.30. The second-order valence-corrected chi connectivity index (χ2v) is 8.39. The minimum Gasteiger partial charge on any atom is -0.327 e. The Morgan fingerprint density at radius 1 is 1.15 bits per heavy atom. The average Bonchev–Trinajstić information content (AvgIpc) is 3.21. The molecule has 0 saturated heterocycles. The van der Waals surface area contributed by atoms with Crippen molar-refractivity contribution in [3.8, 4) is 5.69 Å². The van der Waals surface area contributed by atoms with Crippen molar-refractivity contribution < 1.29 is 4.39 Å². The van der Waals surface area contributed by atoms with Gasteiger partial charge in [0.25, 0.3) is 0 Å². The van der Waals surface area contributed by atoms with Gasteiger partial charge in [0.2, 0.25) is 0 Å². The zero-order chi connectivity index (χ0) is 18.1. The minimum atomic E-state index is -0.287. The van der Waals surface area contributed by atoms with Crippen LogP contribution in [0, 0.1) is 9.77 Å². The van der Waals surface area contributed by atoms with Crippen molar-refractivity contribution in [1.82, 2.24) is 19.3 Å². The molecule has 4 nitrogen and oxygen atoms in total. The Bertz CT molecular complexity index is 1110. The number of imidazole rings is 1. The summed E-state index contributed by atoms with van der Waals surface area (Å²) in [6, 6.07) is 14.9. The van der Waals surface area contributed by atoms with Crippen LogP contribution in [0.3, 0.4) is 0 Å². The first-order chi connectivity index (χ1) is 12.7. The van der Waals surface area contributed by atoms with Crippen molar-refractivity contribution in [3.05, 3.63) is 64.1 Å². The first-order valence-electron chi connectivity index (χ1n) is 8.09. The molecular weight excluding hydrogens is 387 g/mol. The number of thioether (sulfide) groups is 1. The number of benzene rings is 2. The van der Waals surface area contributed by atoms with E-state index in [2.05, 4.69) is 10.1 Å². The van der Waals surface area contributed by atoms with Crippen molar-refractivity contribution in [2.75, 3.05) is 0 Å². The molecule has 4 rings (SSSR count). The van der Waals surface area contributed by atoms with Crippen molar-refractivity contribution in [2.45, 2.75) is 23.6 Å². The van der Waals surface area contributed by atoms with E-state index in [1.54, 1.807) is 22.5 Å². The molecule has 0 aliphatic rings. The van der Waals surface area contributed by atoms with Gasteiger partial charge < -0.3 is 4.57 Å². The third-order valence-electron chi connectivity index (χ3n) is 3.98. The molecule has 26 heavy (non-hydrogen) atoms. The highest BCUT2D eigenvalue weighted by Crippen LogP contribution is 2.29. The quantitative estimate of drug-likeness (QED) is 0.328. The van der Waals surface area contributed by atoms with Crippen LogP contribution in [-0.4, -0.2) is 19.3 Å². The fraction of sp³-hybridized carbons (Fsp3) is 0.167. The molecule has 0 unspecified atom stereocenters. The Labute approximate surface area is 163 Å². The maximum absolute atomic E-state index is 14.0. The smallest absolute Gasteiger partial charge is 0.184 e. The number of aryl methyl sites for hydroxylation is 1. The van der Waals surface area contributed by atoms with Gasteiger partial charge in [-0.2, -0.15) is 0 Å². The molecule has 2 heterocycles. The van der Waals surface area contributed by atoms with Gasteiger partial charge in [-0.1, -0.05) is 47.4 Å². The molecule has 0 spiro atoms. The van der Waals surface area contributed by atoms with Gasteiger partial charge in [-0.3, -0.25) is 0 Å². The van der Waals surface area contributed by atoms with Crippen molar-refractivity contribution >= 4 is 46.3 Å². The van der Waals surface area contributed by atoms with E-state index in [0.29, 0.717) is 15.2 Å². The Morgan fingerprint density at radius 2 is 1.96 bits per heavy atom. The van der Waals surface area contributed by atoms with E-state index in [4.69, 9.17) is 12.2 Å². The number of fused-ring (bicyclic) bond motifs is 1. The van der Waals surface area contributed by atoms with E-state index in [9.17, 15) is 4.39 Å². The van der Waals surface area contributed by atoms with Crippen LogP contribution >= 0.6 is 35.3 Å². The largest absolute Gasteiger partial charge is 0.327 e. The van der Waals surface area contributed by atoms with Gasteiger partial charge in [-0.15, -0.1) is 5.10 Å². The van der Waals surface area contributed by atoms with Crippen LogP contribution in [0.25, 0.3) is 16.7 Å². The first kappa shape index (κ1) is 17.4. The molecule has 132 valence electrons. The highest BCUT2D eigenvalue weighted by Gasteiger charge is 2.14. The van der Waals surface area contributed by atoms with Crippen LogP contribution in [0.2, 0.25) is 0 Å². The predicted molar refractivity (Wildman–Crippen MR) is 107 cm³/mol. The van der Waals surface area contributed by atoms with Gasteiger partial charge >= 0.3 is 0 Å². The average molecular weight is 403 g/mol. The highest BCUT2D eigenvalue weighted by molar-refractivity contribution is 8.00. The van der Waals surface area contributed by atoms with Crippen LogP contribution in [0.5, 0.6) is 0 Å². The van der Waals surface area contributed by atoms with Crippen LogP contribution < -0.4 is 0 Å². The lowest BCUT2D eigenvalue weighted by Gasteiger charge is -2.04. The summed E-state index contributed by atoms with van der Waals surface area (Å²) < 4.78 is 19.4. The number of hydrogen-bond acceptors (Lipinski definition) is 5. The molecule has 2 aromatic heterocycles. The van der Waals surface area contributed by atoms with Crippen molar-refractivity contribution in [1.29, 1.82) is 0 Å². The van der Waals surface area contributed by atoms with E-state index in [-0.39, 0.29) is 5.82 Å². The van der Waals surface area contributed by atoms with Gasteiger partial charge in [0.15, 0.2) is 14.1 Å². The maximum Gasteiger partial charge on any atom is 0.184 e. The second-order valence-electron chi connectivity index (χ2n) is 5.55. The SMILES string of the molecule is CCn1c(CSc2nn(-c3ccccc3)c(=S)s2)nc2c(F)cccc21. The monoisotopic (exact) mass is 402 g/mol. The lowest BCUT2D eigenvalue weighted by molar-refractivity contribution is 0.637. The van der Waals surface area contributed by atoms with Gasteiger partial charge in [0.05, 0.1) is 17.0 Å². The Morgan fingerprint density at radius 3 is 2.73 bits per heavy atom. The molecule has 0 aliphatic heterocycles. The summed E-state index contributed by atoms with van der Waals surface area (Å²) in [5.41, 5.74) is 2.20. The third kappa shape index (κ3) is 3.20. The molecule has 8 heteroatoms. The predicted octanol–water partition coefficient (Wildman–Crippen LogP) is 5.46. The Hall–Kier alpha value is -2.03. The maximum atomic E-state index is 14.0. The normalized spacial score (nSPS) is 11.3. The summed E-state index contributed by atoms with van der Waals surface area (Å²) >= 11 is 8.48. The molecule has 0 N–H and O–H groups in total. The van der Waals surface area contributed by atoms with Gasteiger partial charge in [-0.25, -0.2) is 14.1 Å². The molecule has 0 aliphatic carbocycles. The third-order valence-corrected chi connectivity index (χ3v) is 6.34. The molecule has 2 aromatic carbocycles. The summed E-state index contributed by atoms with van der Waals surface area (Å²) in [5, 5.41) is 4.60. The Balaban J connectivity index is 1.61. The van der Waals surface area contributed by atoms with E-state index in [0.717, 1.165) is 27.9 Å². The summed E-state index contributed by atoms with van der Waals surface area (Å²) in [6.07, 6.45) is 0. The molecule has 4 aromatic rings. The minimum absolute atomic E-state index is 0.287. The molecule has 0 bridgehead atoms. The van der Waals surface area contributed by atoms with E-state index in [1.807, 2.05) is 47.9 Å². The van der Waals surface area contributed by atoms with E-state index in [1.165, 1.54) is 17.4 Å². The highest BCUT2D eigenvalue weighted by atomic mass is 32.2. The van der Waals surface area contributed by atoms with E-state index >= 15 is 0 Å². The van der Waals surface area contributed by atoms with Crippen LogP contribution in [0.15, 0.2) is 52.9 Å². The zero-order valence-electron chi connectivity index (χ0n) is 13.9. The first-order valence-corrected chi connectivity index (χ1v) is 10.3. The topological polar surface area (TPSA) is 35.6 Å².